The zero-order chi connectivity index (χ0) is 27.4. The summed E-state index contributed by atoms with van der Waals surface area (Å²) in [5.74, 6) is 2.38. The molecule has 1 fully saturated rings. The molecule has 9 nitrogen and oxygen atoms in total. The van der Waals surface area contributed by atoms with Crippen LogP contribution in [0.25, 0.3) is 10.9 Å². The van der Waals surface area contributed by atoms with Gasteiger partial charge in [0.25, 0.3) is 0 Å². The molecular weight excluding hydrogens is 510 g/mol. The molecule has 0 bridgehead atoms. The van der Waals surface area contributed by atoms with Crippen molar-refractivity contribution in [3.8, 4) is 23.0 Å². The van der Waals surface area contributed by atoms with Crippen LogP contribution in [-0.4, -0.2) is 59.7 Å². The molecular formula is C31H29N3O6. The number of amides is 2. The van der Waals surface area contributed by atoms with Crippen molar-refractivity contribution >= 4 is 22.7 Å². The first-order chi connectivity index (χ1) is 19.6. The minimum atomic E-state index is -0.635. The van der Waals surface area contributed by atoms with E-state index < -0.39 is 12.1 Å². The molecule has 3 aliphatic heterocycles. The minimum Gasteiger partial charge on any atom is -0.493 e. The molecule has 3 aliphatic rings. The summed E-state index contributed by atoms with van der Waals surface area (Å²) < 4.78 is 22.3. The van der Waals surface area contributed by atoms with Crippen molar-refractivity contribution in [1.82, 2.24) is 14.8 Å². The minimum absolute atomic E-state index is 0.00992. The number of nitrogens with one attached hydrogen (secondary N) is 1. The lowest BCUT2D eigenvalue weighted by atomic mass is 9.86. The number of carbonyl (C=O) groups is 2. The van der Waals surface area contributed by atoms with Gasteiger partial charge in [0.2, 0.25) is 18.6 Å². The summed E-state index contributed by atoms with van der Waals surface area (Å²) in [6, 6.07) is 18.3. The van der Waals surface area contributed by atoms with E-state index in [0.717, 1.165) is 33.3 Å². The van der Waals surface area contributed by atoms with Crippen LogP contribution < -0.4 is 18.9 Å². The molecule has 40 heavy (non-hydrogen) atoms. The standard InChI is InChI=1S/C31H29N3O6/c1-3-38-24-11-9-19(13-26(24)37-2)30-29-21(20-6-4-5-7-22(20)32-29)14-23-31(36)33(16-28(35)34(23)30)15-18-8-10-25-27(12-18)40-17-39-25/h4-13,23,30,32H,3,14-17H2,1-2H3. The number of aromatic amines is 1. The second-order valence-electron chi connectivity index (χ2n) is 10.2. The molecule has 2 atom stereocenters. The molecule has 9 heteroatoms. The van der Waals surface area contributed by atoms with Gasteiger partial charge in [0.15, 0.2) is 23.0 Å². The monoisotopic (exact) mass is 539 g/mol. The maximum atomic E-state index is 14.1. The van der Waals surface area contributed by atoms with Gasteiger partial charge in [-0.25, -0.2) is 0 Å². The number of methoxy groups -OCH3 is 1. The third kappa shape index (κ3) is 3.84. The van der Waals surface area contributed by atoms with E-state index in [9.17, 15) is 9.59 Å². The first kappa shape index (κ1) is 24.4. The van der Waals surface area contributed by atoms with Gasteiger partial charge in [-0.2, -0.15) is 0 Å². The van der Waals surface area contributed by atoms with Crippen molar-refractivity contribution in [2.24, 2.45) is 0 Å². The summed E-state index contributed by atoms with van der Waals surface area (Å²) in [7, 11) is 1.60. The number of hydrogen-bond donors (Lipinski definition) is 1. The maximum absolute atomic E-state index is 14.1. The van der Waals surface area contributed by atoms with Crippen molar-refractivity contribution in [3.05, 3.63) is 83.0 Å². The van der Waals surface area contributed by atoms with Gasteiger partial charge in [0.1, 0.15) is 12.6 Å². The van der Waals surface area contributed by atoms with E-state index >= 15 is 0 Å². The van der Waals surface area contributed by atoms with Gasteiger partial charge in [-0.15, -0.1) is 0 Å². The summed E-state index contributed by atoms with van der Waals surface area (Å²) in [6.45, 7) is 2.91. The van der Waals surface area contributed by atoms with Crippen molar-refractivity contribution in [3.63, 3.8) is 0 Å². The Hall–Kier alpha value is -4.66. The Balaban J connectivity index is 1.30. The summed E-state index contributed by atoms with van der Waals surface area (Å²) >= 11 is 0. The number of carbonyl (C=O) groups excluding carboxylic acids is 2. The van der Waals surface area contributed by atoms with Crippen LogP contribution in [0.3, 0.4) is 0 Å². The highest BCUT2D eigenvalue weighted by molar-refractivity contribution is 5.97. The van der Waals surface area contributed by atoms with Gasteiger partial charge in [0.05, 0.1) is 19.8 Å². The summed E-state index contributed by atoms with van der Waals surface area (Å²) in [4.78, 5) is 35.0. The third-order valence-corrected chi connectivity index (χ3v) is 7.96. The van der Waals surface area contributed by atoms with Crippen molar-refractivity contribution in [2.45, 2.75) is 32.0 Å². The number of rotatable bonds is 6. The largest absolute Gasteiger partial charge is 0.493 e. The van der Waals surface area contributed by atoms with E-state index in [1.165, 1.54) is 0 Å². The van der Waals surface area contributed by atoms with E-state index in [1.54, 1.807) is 16.9 Å². The second-order valence-corrected chi connectivity index (χ2v) is 10.2. The van der Waals surface area contributed by atoms with Gasteiger partial charge in [-0.3, -0.25) is 9.59 Å². The van der Waals surface area contributed by atoms with Crippen LogP contribution in [0.2, 0.25) is 0 Å². The predicted molar refractivity (Wildman–Crippen MR) is 147 cm³/mol. The molecule has 0 radical (unpaired) electrons. The number of ether oxygens (including phenoxy) is 4. The summed E-state index contributed by atoms with van der Waals surface area (Å²) in [6.07, 6.45) is 0.437. The summed E-state index contributed by atoms with van der Waals surface area (Å²) in [5.41, 5.74) is 4.69. The molecule has 0 aliphatic carbocycles. The van der Waals surface area contributed by atoms with Crippen LogP contribution in [-0.2, 0) is 22.6 Å². The van der Waals surface area contributed by atoms with Crippen molar-refractivity contribution in [1.29, 1.82) is 0 Å². The number of benzene rings is 3. The van der Waals surface area contributed by atoms with E-state index in [1.807, 2.05) is 61.5 Å². The summed E-state index contributed by atoms with van der Waals surface area (Å²) in [5, 5.41) is 1.06. The molecule has 1 N–H and O–H groups in total. The molecule has 2 unspecified atom stereocenters. The topological polar surface area (TPSA) is 93.3 Å². The molecule has 3 aromatic carbocycles. The molecule has 1 saturated heterocycles. The quantitative estimate of drug-likeness (QED) is 0.395. The molecule has 0 spiro atoms. The fraction of sp³-hybridized carbons (Fsp3) is 0.290. The average Bonchev–Trinajstić information content (AvgIpc) is 3.59. The lowest BCUT2D eigenvalue weighted by Gasteiger charge is -2.47. The van der Waals surface area contributed by atoms with Gasteiger partial charge < -0.3 is 33.7 Å². The zero-order valence-electron chi connectivity index (χ0n) is 22.3. The third-order valence-electron chi connectivity index (χ3n) is 7.96. The normalized spacial score (nSPS) is 19.6. The highest BCUT2D eigenvalue weighted by Crippen LogP contribution is 2.44. The van der Waals surface area contributed by atoms with Gasteiger partial charge in [0, 0.05) is 29.6 Å². The Kier molecular flexibility index (Phi) is 5.80. The number of aromatic nitrogens is 1. The SMILES string of the molecule is CCOc1ccc(C2c3[nH]c4ccccc4c3CC3C(=O)N(Cc4ccc5c(c4)OCO5)CC(=O)N32)cc1OC. The Labute approximate surface area is 231 Å². The fourth-order valence-corrected chi connectivity index (χ4v) is 6.19. The van der Waals surface area contributed by atoms with Crippen LogP contribution in [0.5, 0.6) is 23.0 Å². The molecule has 2 amide bonds. The average molecular weight is 540 g/mol. The van der Waals surface area contributed by atoms with Crippen LogP contribution in [0.1, 0.15) is 35.3 Å². The van der Waals surface area contributed by atoms with E-state index in [4.69, 9.17) is 18.9 Å². The molecule has 0 saturated carbocycles. The number of piperazine rings is 1. The van der Waals surface area contributed by atoms with Crippen LogP contribution >= 0.6 is 0 Å². The number of para-hydroxylation sites is 1. The first-order valence-electron chi connectivity index (χ1n) is 13.4. The van der Waals surface area contributed by atoms with Gasteiger partial charge >= 0.3 is 0 Å². The highest BCUT2D eigenvalue weighted by atomic mass is 16.7. The van der Waals surface area contributed by atoms with Gasteiger partial charge in [-0.1, -0.05) is 30.3 Å². The first-order valence-corrected chi connectivity index (χ1v) is 13.4. The van der Waals surface area contributed by atoms with Crippen LogP contribution in [0.4, 0.5) is 0 Å². The van der Waals surface area contributed by atoms with Crippen molar-refractivity contribution < 1.29 is 28.5 Å². The second kappa shape index (κ2) is 9.51. The number of H-pyrrole nitrogens is 1. The number of nitrogens with zero attached hydrogens (tertiary/aromatic N) is 2. The van der Waals surface area contributed by atoms with Crippen LogP contribution in [0.15, 0.2) is 60.7 Å². The van der Waals surface area contributed by atoms with Crippen LogP contribution in [0, 0.1) is 0 Å². The molecule has 204 valence electrons. The smallest absolute Gasteiger partial charge is 0.246 e. The Morgan fingerprint density at radius 3 is 2.70 bits per heavy atom. The zero-order valence-corrected chi connectivity index (χ0v) is 22.3. The van der Waals surface area contributed by atoms with Crippen molar-refractivity contribution in [2.75, 3.05) is 27.1 Å². The molecule has 4 heterocycles. The predicted octanol–water partition coefficient (Wildman–Crippen LogP) is 4.19. The van der Waals surface area contributed by atoms with E-state index in [0.29, 0.717) is 42.6 Å². The molecule has 1 aromatic heterocycles. The lowest BCUT2D eigenvalue weighted by molar-refractivity contribution is -0.159. The Bertz CT molecular complexity index is 1650. The Morgan fingerprint density at radius 2 is 1.85 bits per heavy atom. The fourth-order valence-electron chi connectivity index (χ4n) is 6.19. The lowest BCUT2D eigenvalue weighted by Crippen LogP contribution is -2.62. The molecule has 7 rings (SSSR count). The van der Waals surface area contributed by atoms with Gasteiger partial charge in [-0.05, 0) is 53.9 Å². The number of fused-ring (bicyclic) bond motifs is 5. The number of hydrogen-bond acceptors (Lipinski definition) is 6. The van der Waals surface area contributed by atoms with E-state index in [-0.39, 0.29) is 25.2 Å². The maximum Gasteiger partial charge on any atom is 0.246 e. The molecule has 4 aromatic rings. The van der Waals surface area contributed by atoms with E-state index in [2.05, 4.69) is 11.1 Å². The Morgan fingerprint density at radius 1 is 1.00 bits per heavy atom. The highest BCUT2D eigenvalue weighted by Gasteiger charge is 2.48.